The molecule has 0 aromatic carbocycles. The molecule has 2 N–H and O–H groups in total. The monoisotopic (exact) mass is 162 g/mol. The third-order valence-electron chi connectivity index (χ3n) is 1.74. The van der Waals surface area contributed by atoms with E-state index < -0.39 is 0 Å². The molecule has 0 fully saturated rings. The summed E-state index contributed by atoms with van der Waals surface area (Å²) in [5.41, 5.74) is 7.40. The van der Waals surface area contributed by atoms with Crippen molar-refractivity contribution in [2.24, 2.45) is 5.73 Å². The molecule has 1 heterocycles. The molecule has 12 heavy (non-hydrogen) atoms. The lowest BCUT2D eigenvalue weighted by molar-refractivity contribution is 0.857. The van der Waals surface area contributed by atoms with Gasteiger partial charge in [0, 0.05) is 6.20 Å². The van der Waals surface area contributed by atoms with Crippen molar-refractivity contribution in [3.05, 3.63) is 35.8 Å². The summed E-state index contributed by atoms with van der Waals surface area (Å²) in [6, 6.07) is 4.05. The Hall–Kier alpha value is -1.31. The zero-order valence-electron chi connectivity index (χ0n) is 7.49. The van der Waals surface area contributed by atoms with Crippen LogP contribution in [0.3, 0.4) is 0 Å². The third kappa shape index (κ3) is 2.09. The maximum Gasteiger partial charge on any atom is 0.0644 e. The van der Waals surface area contributed by atoms with Crippen molar-refractivity contribution in [2.45, 2.75) is 19.8 Å². The third-order valence-corrected chi connectivity index (χ3v) is 1.74. The topological polar surface area (TPSA) is 38.9 Å². The van der Waals surface area contributed by atoms with E-state index in [1.54, 1.807) is 6.08 Å². The van der Waals surface area contributed by atoms with E-state index in [1.807, 2.05) is 12.3 Å². The van der Waals surface area contributed by atoms with Crippen LogP contribution in [0.4, 0.5) is 0 Å². The summed E-state index contributed by atoms with van der Waals surface area (Å²) in [6.07, 6.45) is 5.17. The molecule has 0 saturated carbocycles. The normalized spacial score (nSPS) is 11.2. The summed E-state index contributed by atoms with van der Waals surface area (Å²) >= 11 is 0. The van der Waals surface area contributed by atoms with Gasteiger partial charge in [0.05, 0.1) is 5.69 Å². The van der Waals surface area contributed by atoms with E-state index in [1.165, 1.54) is 11.8 Å². The number of hydrogen-bond donors (Lipinski definition) is 1. The number of aromatic nitrogens is 1. The Balaban J connectivity index is 2.85. The highest BCUT2D eigenvalue weighted by molar-refractivity contribution is 5.43. The fourth-order valence-corrected chi connectivity index (χ4v) is 0.955. The van der Waals surface area contributed by atoms with Gasteiger partial charge in [0.2, 0.25) is 0 Å². The maximum atomic E-state index is 5.24. The van der Waals surface area contributed by atoms with Gasteiger partial charge in [0.1, 0.15) is 0 Å². The average molecular weight is 162 g/mol. The van der Waals surface area contributed by atoms with Crippen LogP contribution in [0.15, 0.2) is 24.5 Å². The van der Waals surface area contributed by atoms with Crippen LogP contribution in [0.5, 0.6) is 0 Å². The fraction of sp³-hybridized carbons (Fsp3) is 0.300. The molecule has 2 heteroatoms. The van der Waals surface area contributed by atoms with E-state index >= 15 is 0 Å². The van der Waals surface area contributed by atoms with E-state index in [0.29, 0.717) is 5.92 Å². The Kier molecular flexibility index (Phi) is 2.86. The number of nitrogens with zero attached hydrogens (tertiary/aromatic N) is 1. The molecule has 0 aliphatic rings. The Morgan fingerprint density at radius 3 is 2.58 bits per heavy atom. The van der Waals surface area contributed by atoms with Crippen molar-refractivity contribution in [1.82, 2.24) is 4.98 Å². The van der Waals surface area contributed by atoms with Crippen molar-refractivity contribution in [3.8, 4) is 0 Å². The summed E-state index contributed by atoms with van der Waals surface area (Å²) in [4.78, 5) is 4.22. The number of hydrogen-bond acceptors (Lipinski definition) is 2. The standard InChI is InChI=1S/C10H14N2/c1-8(2)9-3-4-10(5-6-11)12-7-9/h3-8H,11H2,1-2H3. The average Bonchev–Trinajstić information content (AvgIpc) is 2.06. The zero-order valence-corrected chi connectivity index (χ0v) is 7.49. The first-order valence-electron chi connectivity index (χ1n) is 4.08. The van der Waals surface area contributed by atoms with Crippen LogP contribution in [-0.2, 0) is 0 Å². The minimum atomic E-state index is 0.536. The SMILES string of the molecule is CC(C)c1ccc(C=CN)nc1. The lowest BCUT2D eigenvalue weighted by Gasteiger charge is -2.03. The number of rotatable bonds is 2. The lowest BCUT2D eigenvalue weighted by atomic mass is 10.1. The lowest BCUT2D eigenvalue weighted by Crippen LogP contribution is -1.89. The second-order valence-corrected chi connectivity index (χ2v) is 3.03. The highest BCUT2D eigenvalue weighted by Crippen LogP contribution is 2.12. The molecule has 1 aromatic heterocycles. The highest BCUT2D eigenvalue weighted by Gasteiger charge is 1.97. The molecule has 0 aliphatic heterocycles. The van der Waals surface area contributed by atoms with E-state index in [4.69, 9.17) is 5.73 Å². The highest BCUT2D eigenvalue weighted by atomic mass is 14.7. The molecule has 0 saturated heterocycles. The molecule has 0 spiro atoms. The Morgan fingerprint density at radius 1 is 1.42 bits per heavy atom. The summed E-state index contributed by atoms with van der Waals surface area (Å²) in [7, 11) is 0. The molecule has 2 nitrogen and oxygen atoms in total. The van der Waals surface area contributed by atoms with Gasteiger partial charge in [-0.15, -0.1) is 0 Å². The van der Waals surface area contributed by atoms with Crippen molar-refractivity contribution in [1.29, 1.82) is 0 Å². The molecule has 1 aromatic rings. The molecular weight excluding hydrogens is 148 g/mol. The molecule has 64 valence electrons. The Morgan fingerprint density at radius 2 is 2.17 bits per heavy atom. The van der Waals surface area contributed by atoms with Crippen LogP contribution in [-0.4, -0.2) is 4.98 Å². The van der Waals surface area contributed by atoms with Crippen LogP contribution >= 0.6 is 0 Å². The molecule has 0 bridgehead atoms. The molecule has 0 aliphatic carbocycles. The molecule has 0 unspecified atom stereocenters. The van der Waals surface area contributed by atoms with Gasteiger partial charge in [-0.05, 0) is 29.8 Å². The predicted octanol–water partition coefficient (Wildman–Crippen LogP) is 2.13. The van der Waals surface area contributed by atoms with Crippen LogP contribution in [0.2, 0.25) is 0 Å². The first-order chi connectivity index (χ1) is 5.74. The first kappa shape index (κ1) is 8.78. The van der Waals surface area contributed by atoms with Crippen LogP contribution in [0, 0.1) is 0 Å². The van der Waals surface area contributed by atoms with Crippen molar-refractivity contribution >= 4 is 6.08 Å². The van der Waals surface area contributed by atoms with Gasteiger partial charge in [-0.25, -0.2) is 0 Å². The van der Waals surface area contributed by atoms with Gasteiger partial charge in [-0.2, -0.15) is 0 Å². The predicted molar refractivity (Wildman–Crippen MR) is 51.5 cm³/mol. The second kappa shape index (κ2) is 3.90. The van der Waals surface area contributed by atoms with Crippen LogP contribution in [0.1, 0.15) is 31.0 Å². The van der Waals surface area contributed by atoms with Crippen molar-refractivity contribution in [2.75, 3.05) is 0 Å². The van der Waals surface area contributed by atoms with E-state index in [2.05, 4.69) is 24.9 Å². The van der Waals surface area contributed by atoms with E-state index in [0.717, 1.165) is 5.69 Å². The fourth-order valence-electron chi connectivity index (χ4n) is 0.955. The zero-order chi connectivity index (χ0) is 8.97. The minimum absolute atomic E-state index is 0.536. The molecule has 1 rings (SSSR count). The van der Waals surface area contributed by atoms with Gasteiger partial charge in [0.15, 0.2) is 0 Å². The summed E-state index contributed by atoms with van der Waals surface area (Å²) in [5, 5.41) is 0. The van der Waals surface area contributed by atoms with Crippen molar-refractivity contribution in [3.63, 3.8) is 0 Å². The van der Waals surface area contributed by atoms with Gasteiger partial charge >= 0.3 is 0 Å². The Bertz CT molecular complexity index is 260. The molecular formula is C10H14N2. The van der Waals surface area contributed by atoms with Crippen LogP contribution in [0.25, 0.3) is 6.08 Å². The smallest absolute Gasteiger partial charge is 0.0644 e. The van der Waals surface area contributed by atoms with Gasteiger partial charge < -0.3 is 5.73 Å². The van der Waals surface area contributed by atoms with Gasteiger partial charge in [0.25, 0.3) is 0 Å². The first-order valence-corrected chi connectivity index (χ1v) is 4.08. The molecule has 0 amide bonds. The van der Waals surface area contributed by atoms with E-state index in [9.17, 15) is 0 Å². The number of pyridine rings is 1. The summed E-state index contributed by atoms with van der Waals surface area (Å²) < 4.78 is 0. The van der Waals surface area contributed by atoms with Crippen LogP contribution < -0.4 is 5.73 Å². The largest absolute Gasteiger partial charge is 0.405 e. The number of nitrogens with two attached hydrogens (primary N) is 1. The summed E-state index contributed by atoms with van der Waals surface area (Å²) in [5.74, 6) is 0.536. The van der Waals surface area contributed by atoms with Gasteiger partial charge in [-0.1, -0.05) is 19.9 Å². The molecule has 0 radical (unpaired) electrons. The molecule has 0 atom stereocenters. The summed E-state index contributed by atoms with van der Waals surface area (Å²) in [6.45, 7) is 4.30. The van der Waals surface area contributed by atoms with Crippen molar-refractivity contribution < 1.29 is 0 Å². The van der Waals surface area contributed by atoms with Gasteiger partial charge in [-0.3, -0.25) is 4.98 Å². The Labute approximate surface area is 73.1 Å². The second-order valence-electron chi connectivity index (χ2n) is 3.03. The quantitative estimate of drug-likeness (QED) is 0.723. The van der Waals surface area contributed by atoms with E-state index in [-0.39, 0.29) is 0 Å². The maximum absolute atomic E-state index is 5.24. The minimum Gasteiger partial charge on any atom is -0.405 e.